The predicted octanol–water partition coefficient (Wildman–Crippen LogP) is 7.29. The average molecular weight is 481 g/mol. The molecule has 35 heavy (non-hydrogen) atoms. The number of alkyl halides is 3. The molecule has 1 aromatic carbocycles. The number of nitrogens with zero attached hydrogens (tertiary/aromatic N) is 3. The van der Waals surface area contributed by atoms with E-state index in [2.05, 4.69) is 21.3 Å². The third-order valence-electron chi connectivity index (χ3n) is 6.04. The molecule has 1 fully saturated rings. The van der Waals surface area contributed by atoms with Gasteiger partial charge in [-0.1, -0.05) is 43.4 Å². The maximum atomic E-state index is 13.5. The van der Waals surface area contributed by atoms with Gasteiger partial charge in [0.2, 0.25) is 0 Å². The largest absolute Gasteiger partial charge is 0.416 e. The zero-order chi connectivity index (χ0) is 25.4. The molecule has 1 unspecified atom stereocenters. The number of anilines is 1. The molecule has 1 aliphatic heterocycles. The minimum atomic E-state index is -4.38. The molecule has 7 heteroatoms. The van der Waals surface area contributed by atoms with Crippen LogP contribution in [-0.2, 0) is 0 Å². The smallest absolute Gasteiger partial charge is 0.376 e. The number of hydrogen-bond acceptors (Lipinski definition) is 4. The third-order valence-corrected chi connectivity index (χ3v) is 6.04. The minimum absolute atomic E-state index is 0.0438. The van der Waals surface area contributed by atoms with Gasteiger partial charge in [0.05, 0.1) is 23.2 Å². The van der Waals surface area contributed by atoms with Crippen LogP contribution in [0.5, 0.6) is 0 Å². The second-order valence-corrected chi connectivity index (χ2v) is 8.55. The molecule has 1 aliphatic rings. The van der Waals surface area contributed by atoms with Crippen molar-refractivity contribution in [1.29, 1.82) is 5.26 Å². The molecule has 0 saturated carbocycles. The fourth-order valence-corrected chi connectivity index (χ4v) is 4.39. The molecule has 2 heterocycles. The quantitative estimate of drug-likeness (QED) is 0.423. The third kappa shape index (κ3) is 6.54. The van der Waals surface area contributed by atoms with E-state index in [4.69, 9.17) is 0 Å². The van der Waals surface area contributed by atoms with Crippen molar-refractivity contribution in [3.8, 4) is 6.07 Å². The Morgan fingerprint density at radius 3 is 2.77 bits per heavy atom. The van der Waals surface area contributed by atoms with Gasteiger partial charge in [-0.25, -0.2) is 4.98 Å². The molecule has 0 spiro atoms. The number of rotatable bonds is 7. The molecule has 1 atom stereocenters. The molecule has 2 aromatic rings. The first-order valence-corrected chi connectivity index (χ1v) is 11.8. The maximum Gasteiger partial charge on any atom is 0.416 e. The number of likely N-dealkylation sites (N-methyl/N-ethyl adjacent to an activating group) is 1. The summed E-state index contributed by atoms with van der Waals surface area (Å²) in [5.41, 5.74) is 1.59. The Kier molecular flexibility index (Phi) is 8.75. The van der Waals surface area contributed by atoms with E-state index in [1.807, 2.05) is 31.3 Å². The van der Waals surface area contributed by atoms with Crippen molar-refractivity contribution in [2.45, 2.75) is 51.7 Å². The summed E-state index contributed by atoms with van der Waals surface area (Å²) in [5, 5.41) is 14.7. The van der Waals surface area contributed by atoms with Crippen LogP contribution in [0.25, 0.3) is 10.8 Å². The standard InChI is InChI=1S/C28H31F3N4/c1-4-8-20(18-22(9-5-2)28(29,30)31)13-14-26-25(12-7-17-35(26)3)34-27-24-11-6-10-21(19-32)23(24)15-16-33-27/h4,6,8-11,14-16,18,25H,5,7,12-13,17H2,1-3H3,(H,33,34)/b8-4-,20-18+,22-9-,26-14-. The number of halogens is 3. The number of hydrogen-bond donors (Lipinski definition) is 1. The van der Waals surface area contributed by atoms with Crippen molar-refractivity contribution < 1.29 is 13.2 Å². The van der Waals surface area contributed by atoms with Crippen LogP contribution in [-0.4, -0.2) is 35.7 Å². The first-order valence-electron chi connectivity index (χ1n) is 11.8. The fourth-order valence-electron chi connectivity index (χ4n) is 4.39. The molecular weight excluding hydrogens is 449 g/mol. The van der Waals surface area contributed by atoms with Gasteiger partial charge in [0.25, 0.3) is 0 Å². The Labute approximate surface area is 205 Å². The van der Waals surface area contributed by atoms with Gasteiger partial charge in [0.1, 0.15) is 5.82 Å². The number of benzene rings is 1. The van der Waals surface area contributed by atoms with Crippen molar-refractivity contribution in [3.63, 3.8) is 0 Å². The SMILES string of the molecule is C\C=C/C(=C\C(=C\CC)C(F)(F)F)C/C=C1/C(Nc2nccc3c(C#N)cccc23)CCCN1C. The molecule has 3 rings (SSSR count). The van der Waals surface area contributed by atoms with Crippen LogP contribution in [0.15, 0.2) is 77.7 Å². The average Bonchev–Trinajstić information content (AvgIpc) is 2.82. The number of likely N-dealkylation sites (tertiary alicyclic amines) is 1. The lowest BCUT2D eigenvalue weighted by molar-refractivity contribution is -0.0884. The zero-order valence-electron chi connectivity index (χ0n) is 20.4. The number of nitriles is 1. The summed E-state index contributed by atoms with van der Waals surface area (Å²) in [7, 11) is 2.00. The highest BCUT2D eigenvalue weighted by atomic mass is 19.4. The van der Waals surface area contributed by atoms with Crippen LogP contribution in [0.4, 0.5) is 19.0 Å². The summed E-state index contributed by atoms with van der Waals surface area (Å²) in [6, 6.07) is 9.57. The molecule has 1 aromatic heterocycles. The molecule has 1 saturated heterocycles. The zero-order valence-corrected chi connectivity index (χ0v) is 20.4. The van der Waals surface area contributed by atoms with Crippen molar-refractivity contribution >= 4 is 16.6 Å². The number of nitrogens with one attached hydrogen (secondary N) is 1. The van der Waals surface area contributed by atoms with Crippen LogP contribution in [0.1, 0.15) is 45.1 Å². The Morgan fingerprint density at radius 1 is 1.29 bits per heavy atom. The number of pyridine rings is 1. The second kappa shape index (κ2) is 11.7. The second-order valence-electron chi connectivity index (χ2n) is 8.55. The fraction of sp³-hybridized carbons (Fsp3) is 0.357. The number of fused-ring (bicyclic) bond motifs is 1. The van der Waals surface area contributed by atoms with Gasteiger partial charge < -0.3 is 10.2 Å². The highest BCUT2D eigenvalue weighted by Crippen LogP contribution is 2.31. The van der Waals surface area contributed by atoms with Crippen LogP contribution in [0.3, 0.4) is 0 Å². The summed E-state index contributed by atoms with van der Waals surface area (Å²) in [6.07, 6.45) is 7.80. The van der Waals surface area contributed by atoms with E-state index in [1.165, 1.54) is 12.2 Å². The predicted molar refractivity (Wildman–Crippen MR) is 136 cm³/mol. The molecule has 0 aliphatic carbocycles. The van der Waals surface area contributed by atoms with Crippen molar-refractivity contribution in [3.05, 3.63) is 83.2 Å². The Balaban J connectivity index is 1.93. The number of piperidine rings is 1. The molecule has 0 amide bonds. The van der Waals surface area contributed by atoms with Crippen molar-refractivity contribution in [1.82, 2.24) is 9.88 Å². The van der Waals surface area contributed by atoms with E-state index in [9.17, 15) is 18.4 Å². The number of aromatic nitrogens is 1. The highest BCUT2D eigenvalue weighted by molar-refractivity contribution is 5.95. The molecule has 1 N–H and O–H groups in total. The highest BCUT2D eigenvalue weighted by Gasteiger charge is 2.31. The Bertz CT molecular complexity index is 1200. The van der Waals surface area contributed by atoms with Crippen LogP contribution in [0, 0.1) is 11.3 Å². The van der Waals surface area contributed by atoms with Gasteiger partial charge in [0.15, 0.2) is 0 Å². The van der Waals surface area contributed by atoms with E-state index in [-0.39, 0.29) is 6.04 Å². The van der Waals surface area contributed by atoms with Gasteiger partial charge in [-0.3, -0.25) is 0 Å². The summed E-state index contributed by atoms with van der Waals surface area (Å²) in [6.45, 7) is 4.37. The van der Waals surface area contributed by atoms with Gasteiger partial charge in [-0.05, 0) is 56.4 Å². The Morgan fingerprint density at radius 2 is 2.09 bits per heavy atom. The van der Waals surface area contributed by atoms with E-state index < -0.39 is 11.7 Å². The van der Waals surface area contributed by atoms with Gasteiger partial charge in [-0.15, -0.1) is 0 Å². The first kappa shape index (κ1) is 26.1. The minimum Gasteiger partial charge on any atom is -0.376 e. The monoisotopic (exact) mass is 480 g/mol. The van der Waals surface area contributed by atoms with Crippen molar-refractivity contribution in [2.24, 2.45) is 0 Å². The Hall–Kier alpha value is -3.53. The van der Waals surface area contributed by atoms with Gasteiger partial charge in [0, 0.05) is 36.3 Å². The van der Waals surface area contributed by atoms with Crippen LogP contribution < -0.4 is 5.32 Å². The lowest BCUT2D eigenvalue weighted by Crippen LogP contribution is -2.38. The molecule has 0 bridgehead atoms. The van der Waals surface area contributed by atoms with E-state index in [1.54, 1.807) is 38.3 Å². The van der Waals surface area contributed by atoms with Crippen molar-refractivity contribution in [2.75, 3.05) is 18.9 Å². The molecule has 184 valence electrons. The van der Waals surface area contributed by atoms with Gasteiger partial charge in [-0.2, -0.15) is 18.4 Å². The molecular formula is C28H31F3N4. The summed E-state index contributed by atoms with van der Waals surface area (Å²) in [5.74, 6) is 0.695. The topological polar surface area (TPSA) is 52.0 Å². The molecule has 4 nitrogen and oxygen atoms in total. The maximum absolute atomic E-state index is 13.5. The van der Waals surface area contributed by atoms with E-state index >= 15 is 0 Å². The normalized spacial score (nSPS) is 18.9. The van der Waals surface area contributed by atoms with E-state index in [0.29, 0.717) is 29.8 Å². The number of allylic oxidation sites excluding steroid dienone is 7. The first-order chi connectivity index (χ1) is 16.8. The van der Waals surface area contributed by atoms with Crippen LogP contribution in [0.2, 0.25) is 0 Å². The van der Waals surface area contributed by atoms with E-state index in [0.717, 1.165) is 35.9 Å². The van der Waals surface area contributed by atoms with Crippen LogP contribution >= 0.6 is 0 Å². The molecule has 0 radical (unpaired) electrons. The summed E-state index contributed by atoms with van der Waals surface area (Å²) < 4.78 is 40.4. The van der Waals surface area contributed by atoms with Gasteiger partial charge >= 0.3 is 6.18 Å². The summed E-state index contributed by atoms with van der Waals surface area (Å²) >= 11 is 0. The lowest BCUT2D eigenvalue weighted by Gasteiger charge is -2.35. The lowest BCUT2D eigenvalue weighted by atomic mass is 9.98. The summed E-state index contributed by atoms with van der Waals surface area (Å²) in [4.78, 5) is 6.67.